The topological polar surface area (TPSA) is 51.2 Å². The normalized spacial score (nSPS) is 10.4. The van der Waals surface area contributed by atoms with Gasteiger partial charge in [-0.2, -0.15) is 0 Å². The number of halogens is 1. The van der Waals surface area contributed by atoms with Crippen molar-refractivity contribution >= 4 is 22.9 Å². The van der Waals surface area contributed by atoms with E-state index in [2.05, 4.69) is 10.3 Å². The third kappa shape index (κ3) is 3.97. The average Bonchev–Trinajstić information content (AvgIpc) is 3.01. The molecule has 0 aliphatic carbocycles. The van der Waals surface area contributed by atoms with Crippen LogP contribution in [-0.2, 0) is 4.79 Å². The molecule has 0 aliphatic rings. The van der Waals surface area contributed by atoms with E-state index in [1.807, 2.05) is 24.4 Å². The predicted molar refractivity (Wildman–Crippen MR) is 92.8 cm³/mol. The second-order valence-electron chi connectivity index (χ2n) is 5.10. The second-order valence-corrected chi connectivity index (χ2v) is 6.16. The number of nitrogens with zero attached hydrogens (tertiary/aromatic N) is 1. The zero-order chi connectivity index (χ0) is 16.9. The first-order valence-corrected chi connectivity index (χ1v) is 8.19. The molecule has 0 fully saturated rings. The molecule has 1 amide bonds. The van der Waals surface area contributed by atoms with Gasteiger partial charge in [-0.15, -0.1) is 11.3 Å². The lowest BCUT2D eigenvalue weighted by Crippen LogP contribution is -2.20. The third-order valence-corrected chi connectivity index (χ3v) is 4.05. The molecule has 0 atom stereocenters. The average molecular weight is 342 g/mol. The molecule has 0 radical (unpaired) electrons. The highest BCUT2D eigenvalue weighted by atomic mass is 32.1. The first-order valence-electron chi connectivity index (χ1n) is 7.31. The van der Waals surface area contributed by atoms with Crippen LogP contribution >= 0.6 is 11.3 Å². The molecular formula is C18H15FN2O2S. The zero-order valence-electron chi connectivity index (χ0n) is 13.0. The van der Waals surface area contributed by atoms with Crippen molar-refractivity contribution in [2.45, 2.75) is 6.92 Å². The van der Waals surface area contributed by atoms with Crippen LogP contribution < -0.4 is 10.1 Å². The Morgan fingerprint density at radius 2 is 1.96 bits per heavy atom. The summed E-state index contributed by atoms with van der Waals surface area (Å²) in [5.74, 6) is -0.786. The number of thiazole rings is 1. The van der Waals surface area contributed by atoms with Gasteiger partial charge in [0.25, 0.3) is 5.91 Å². The van der Waals surface area contributed by atoms with Gasteiger partial charge in [-0.1, -0.05) is 24.3 Å². The summed E-state index contributed by atoms with van der Waals surface area (Å²) in [6.45, 7) is 1.70. The van der Waals surface area contributed by atoms with Crippen LogP contribution in [0, 0.1) is 12.7 Å². The Hall–Kier alpha value is -2.73. The van der Waals surface area contributed by atoms with Gasteiger partial charge < -0.3 is 10.1 Å². The molecule has 3 aromatic rings. The molecule has 24 heavy (non-hydrogen) atoms. The van der Waals surface area contributed by atoms with Crippen LogP contribution in [0.2, 0.25) is 0 Å². The lowest BCUT2D eigenvalue weighted by atomic mass is 10.1. The number of aromatic nitrogens is 1. The van der Waals surface area contributed by atoms with E-state index < -0.39 is 5.82 Å². The molecule has 122 valence electrons. The van der Waals surface area contributed by atoms with Crippen molar-refractivity contribution < 1.29 is 13.9 Å². The first-order chi connectivity index (χ1) is 11.6. The van der Waals surface area contributed by atoms with E-state index in [1.54, 1.807) is 35.6 Å². The van der Waals surface area contributed by atoms with E-state index in [0.29, 0.717) is 5.69 Å². The number of hydrogen-bond donors (Lipinski definition) is 1. The van der Waals surface area contributed by atoms with Crippen LogP contribution in [0.5, 0.6) is 5.75 Å². The fourth-order valence-electron chi connectivity index (χ4n) is 2.12. The number of rotatable bonds is 5. The van der Waals surface area contributed by atoms with Crippen molar-refractivity contribution in [3.05, 3.63) is 64.7 Å². The first kappa shape index (κ1) is 16.1. The zero-order valence-corrected chi connectivity index (χ0v) is 13.8. The van der Waals surface area contributed by atoms with E-state index >= 15 is 0 Å². The smallest absolute Gasteiger partial charge is 0.262 e. The fraction of sp³-hybridized carbons (Fsp3) is 0.111. The maximum atomic E-state index is 13.4. The number of carbonyl (C=O) groups is 1. The highest BCUT2D eigenvalue weighted by Gasteiger charge is 2.07. The largest absolute Gasteiger partial charge is 0.481 e. The molecule has 0 spiro atoms. The molecular weight excluding hydrogens is 327 g/mol. The van der Waals surface area contributed by atoms with Gasteiger partial charge in [-0.3, -0.25) is 4.79 Å². The van der Waals surface area contributed by atoms with Gasteiger partial charge in [0.05, 0.1) is 10.7 Å². The second kappa shape index (κ2) is 7.23. The Kier molecular flexibility index (Phi) is 4.86. The van der Waals surface area contributed by atoms with Gasteiger partial charge in [0.2, 0.25) is 0 Å². The monoisotopic (exact) mass is 342 g/mol. The van der Waals surface area contributed by atoms with Crippen molar-refractivity contribution in [3.8, 4) is 17.0 Å². The summed E-state index contributed by atoms with van der Waals surface area (Å²) in [7, 11) is 0. The molecule has 6 heteroatoms. The lowest BCUT2D eigenvalue weighted by Gasteiger charge is -2.08. The highest BCUT2D eigenvalue weighted by Crippen LogP contribution is 2.23. The fourth-order valence-corrected chi connectivity index (χ4v) is 2.74. The van der Waals surface area contributed by atoms with E-state index in [-0.39, 0.29) is 18.3 Å². The van der Waals surface area contributed by atoms with Gasteiger partial charge in [-0.05, 0) is 31.2 Å². The lowest BCUT2D eigenvalue weighted by molar-refractivity contribution is -0.118. The van der Waals surface area contributed by atoms with Gasteiger partial charge in [0.1, 0.15) is 0 Å². The van der Waals surface area contributed by atoms with Gasteiger partial charge in [0.15, 0.2) is 18.2 Å². The molecule has 0 bridgehead atoms. The standard InChI is InChI=1S/C18H15FN2O2S/c1-12-20-16(11-24-12)13-6-8-14(9-7-13)21-18(22)10-23-17-5-3-2-4-15(17)19/h2-9,11H,10H2,1H3,(H,21,22). The van der Waals surface area contributed by atoms with Crippen LogP contribution in [0.4, 0.5) is 10.1 Å². The molecule has 4 nitrogen and oxygen atoms in total. The van der Waals surface area contributed by atoms with E-state index in [9.17, 15) is 9.18 Å². The summed E-state index contributed by atoms with van der Waals surface area (Å²) in [4.78, 5) is 16.3. The Morgan fingerprint density at radius 1 is 1.21 bits per heavy atom. The summed E-state index contributed by atoms with van der Waals surface area (Å²) in [5.41, 5.74) is 2.55. The van der Waals surface area contributed by atoms with Gasteiger partial charge in [0, 0.05) is 16.6 Å². The number of amides is 1. The molecule has 1 heterocycles. The van der Waals surface area contributed by atoms with Crippen molar-refractivity contribution in [1.29, 1.82) is 0 Å². The van der Waals surface area contributed by atoms with E-state index in [0.717, 1.165) is 16.3 Å². The highest BCUT2D eigenvalue weighted by molar-refractivity contribution is 7.09. The molecule has 1 N–H and O–H groups in total. The minimum atomic E-state index is -0.492. The van der Waals surface area contributed by atoms with Crippen molar-refractivity contribution in [2.75, 3.05) is 11.9 Å². The Labute approximate surface area is 142 Å². The number of aryl methyl sites for hydroxylation is 1. The third-order valence-electron chi connectivity index (χ3n) is 3.28. The summed E-state index contributed by atoms with van der Waals surface area (Å²) < 4.78 is 18.6. The molecule has 2 aromatic carbocycles. The van der Waals surface area contributed by atoms with Crippen LogP contribution in [0.3, 0.4) is 0 Å². The SMILES string of the molecule is Cc1nc(-c2ccc(NC(=O)COc3ccccc3F)cc2)cs1. The molecule has 0 unspecified atom stereocenters. The van der Waals surface area contributed by atoms with Crippen LogP contribution in [0.15, 0.2) is 53.9 Å². The summed E-state index contributed by atoms with van der Waals surface area (Å²) >= 11 is 1.59. The number of anilines is 1. The quantitative estimate of drug-likeness (QED) is 0.753. The van der Waals surface area contributed by atoms with Crippen LogP contribution in [0.25, 0.3) is 11.3 Å². The van der Waals surface area contributed by atoms with Crippen molar-refractivity contribution in [2.24, 2.45) is 0 Å². The van der Waals surface area contributed by atoms with E-state index in [4.69, 9.17) is 4.74 Å². The number of carbonyl (C=O) groups excluding carboxylic acids is 1. The predicted octanol–water partition coefficient (Wildman–Crippen LogP) is 4.28. The maximum Gasteiger partial charge on any atom is 0.262 e. The van der Waals surface area contributed by atoms with Gasteiger partial charge >= 0.3 is 0 Å². The molecule has 0 saturated carbocycles. The maximum absolute atomic E-state index is 13.4. The molecule has 0 saturated heterocycles. The van der Waals surface area contributed by atoms with E-state index in [1.165, 1.54) is 12.1 Å². The number of ether oxygens (including phenoxy) is 1. The number of nitrogens with one attached hydrogen (secondary N) is 1. The Bertz CT molecular complexity index is 846. The number of hydrogen-bond acceptors (Lipinski definition) is 4. The van der Waals surface area contributed by atoms with Gasteiger partial charge in [-0.25, -0.2) is 9.37 Å². The van der Waals surface area contributed by atoms with Crippen LogP contribution in [0.1, 0.15) is 5.01 Å². The summed E-state index contributed by atoms with van der Waals surface area (Å²) in [6.07, 6.45) is 0. The Morgan fingerprint density at radius 3 is 2.62 bits per heavy atom. The minimum absolute atomic E-state index is 0.0573. The number of benzene rings is 2. The minimum Gasteiger partial charge on any atom is -0.481 e. The van der Waals surface area contributed by atoms with Crippen LogP contribution in [-0.4, -0.2) is 17.5 Å². The summed E-state index contributed by atoms with van der Waals surface area (Å²) in [6, 6.07) is 13.3. The van der Waals surface area contributed by atoms with Crippen molar-refractivity contribution in [3.63, 3.8) is 0 Å². The Balaban J connectivity index is 1.57. The molecule has 3 rings (SSSR count). The molecule has 0 aliphatic heterocycles. The number of para-hydroxylation sites is 1. The van der Waals surface area contributed by atoms with Crippen molar-refractivity contribution in [1.82, 2.24) is 4.98 Å². The molecule has 1 aromatic heterocycles. The summed E-state index contributed by atoms with van der Waals surface area (Å²) in [5, 5.41) is 5.71.